The van der Waals surface area contributed by atoms with Crippen LogP contribution >= 0.6 is 0 Å². The van der Waals surface area contributed by atoms with Gasteiger partial charge in [0.05, 0.1) is 18.2 Å². The van der Waals surface area contributed by atoms with Gasteiger partial charge in [-0.25, -0.2) is 4.98 Å². The molecular weight excluding hydrogens is 497 g/mol. The molecule has 3 aromatic rings. The molecule has 3 aliphatic rings. The molecule has 2 aromatic heterocycles. The van der Waals surface area contributed by atoms with Crippen LogP contribution in [0.3, 0.4) is 0 Å². The highest BCUT2D eigenvalue weighted by atomic mass is 19.4. The lowest BCUT2D eigenvalue weighted by molar-refractivity contribution is -0.141. The molecule has 2 aliphatic carbocycles. The van der Waals surface area contributed by atoms with Crippen LogP contribution in [0, 0.1) is 11.8 Å². The van der Waals surface area contributed by atoms with Crippen molar-refractivity contribution in [1.82, 2.24) is 25.0 Å². The molecule has 1 saturated carbocycles. The molecule has 2 amide bonds. The predicted molar refractivity (Wildman–Crippen MR) is 132 cm³/mol. The van der Waals surface area contributed by atoms with Gasteiger partial charge in [-0.3, -0.25) is 14.3 Å². The maximum absolute atomic E-state index is 13.8. The molecule has 3 atom stereocenters. The van der Waals surface area contributed by atoms with Gasteiger partial charge in [-0.15, -0.1) is 0 Å². The Labute approximate surface area is 217 Å². The van der Waals surface area contributed by atoms with Gasteiger partial charge in [0, 0.05) is 30.9 Å². The van der Waals surface area contributed by atoms with Crippen molar-refractivity contribution in [2.24, 2.45) is 11.8 Å². The summed E-state index contributed by atoms with van der Waals surface area (Å²) in [7, 11) is 0. The molecular formula is C27H27F3N6O2. The Bertz CT molecular complexity index is 1400. The van der Waals surface area contributed by atoms with E-state index in [1.807, 2.05) is 29.2 Å². The molecule has 0 unspecified atom stereocenters. The van der Waals surface area contributed by atoms with Crippen molar-refractivity contribution in [1.29, 1.82) is 0 Å². The van der Waals surface area contributed by atoms with Gasteiger partial charge in [0.15, 0.2) is 5.69 Å². The van der Waals surface area contributed by atoms with Crippen LogP contribution in [0.1, 0.15) is 63.7 Å². The first kappa shape index (κ1) is 24.4. The minimum Gasteiger partial charge on any atom is -0.384 e. The summed E-state index contributed by atoms with van der Waals surface area (Å²) in [5, 5.41) is 6.43. The standard InChI is InChI=1S/C27H27F3N6O2/c28-27(29,30)24-20(25(37)33-22-7-6-21-18(22)5-8-23(31)32-21)14-36(34-24)13-16-3-1-15(2-4-16)12-35-10-9-17-11-19(17)26(35)38/h1-5,8,14,17,19,22H,6-7,9-13H2,(H2,31,32)(H,33,37)/t17-,19+,22-/m1/s1. The molecule has 1 saturated heterocycles. The van der Waals surface area contributed by atoms with Gasteiger partial charge in [0.1, 0.15) is 5.82 Å². The van der Waals surface area contributed by atoms with E-state index in [-0.39, 0.29) is 18.4 Å². The van der Waals surface area contributed by atoms with Crippen LogP contribution in [0.15, 0.2) is 42.6 Å². The number of piperidine rings is 1. The minimum atomic E-state index is -4.78. The second kappa shape index (κ2) is 9.14. The van der Waals surface area contributed by atoms with Gasteiger partial charge in [-0.1, -0.05) is 30.3 Å². The summed E-state index contributed by atoms with van der Waals surface area (Å²) < 4.78 is 42.5. The van der Waals surface area contributed by atoms with Crippen LogP contribution in [0.25, 0.3) is 0 Å². The number of pyridine rings is 1. The Balaban J connectivity index is 1.15. The summed E-state index contributed by atoms with van der Waals surface area (Å²) in [5.74, 6) is 0.498. The molecule has 2 fully saturated rings. The number of anilines is 1. The highest BCUT2D eigenvalue weighted by molar-refractivity contribution is 5.95. The molecule has 11 heteroatoms. The van der Waals surface area contributed by atoms with Crippen molar-refractivity contribution in [2.45, 2.75) is 51.0 Å². The monoisotopic (exact) mass is 524 g/mol. The maximum atomic E-state index is 13.8. The number of benzene rings is 1. The fraction of sp³-hybridized carbons (Fsp3) is 0.407. The SMILES string of the molecule is Nc1ccc2c(n1)CC[C@H]2NC(=O)c1cn(Cc2ccc(CN3CC[C@@H]4C[C@@H]4C3=O)cc2)nc1C(F)(F)F. The van der Waals surface area contributed by atoms with E-state index in [0.29, 0.717) is 31.1 Å². The summed E-state index contributed by atoms with van der Waals surface area (Å²) in [4.78, 5) is 31.5. The molecule has 0 spiro atoms. The first-order valence-corrected chi connectivity index (χ1v) is 12.7. The zero-order chi connectivity index (χ0) is 26.6. The Kier molecular flexibility index (Phi) is 5.88. The van der Waals surface area contributed by atoms with Crippen molar-refractivity contribution in [3.05, 3.63) is 76.2 Å². The number of halogens is 3. The lowest BCUT2D eigenvalue weighted by atomic mass is 10.1. The van der Waals surface area contributed by atoms with E-state index in [4.69, 9.17) is 5.73 Å². The molecule has 3 heterocycles. The fourth-order valence-electron chi connectivity index (χ4n) is 5.60. The van der Waals surface area contributed by atoms with Crippen molar-refractivity contribution in [3.8, 4) is 0 Å². The Morgan fingerprint density at radius 2 is 1.82 bits per heavy atom. The predicted octanol–water partition coefficient (Wildman–Crippen LogP) is 3.71. The fourth-order valence-corrected chi connectivity index (χ4v) is 5.60. The van der Waals surface area contributed by atoms with Crippen LogP contribution in [0.4, 0.5) is 19.0 Å². The molecule has 38 heavy (non-hydrogen) atoms. The highest BCUT2D eigenvalue weighted by Gasteiger charge is 2.48. The third-order valence-electron chi connectivity index (χ3n) is 7.72. The zero-order valence-corrected chi connectivity index (χ0v) is 20.5. The van der Waals surface area contributed by atoms with Crippen LogP contribution in [-0.4, -0.2) is 38.0 Å². The molecule has 198 valence electrons. The topological polar surface area (TPSA) is 106 Å². The lowest BCUT2D eigenvalue weighted by Crippen LogP contribution is -2.36. The summed E-state index contributed by atoms with van der Waals surface area (Å²) in [6, 6.07) is 10.3. The van der Waals surface area contributed by atoms with Crippen LogP contribution in [0.5, 0.6) is 0 Å². The van der Waals surface area contributed by atoms with Crippen LogP contribution < -0.4 is 11.1 Å². The Morgan fingerprint density at radius 1 is 1.08 bits per heavy atom. The average Bonchev–Trinajstić information content (AvgIpc) is 3.39. The number of rotatable bonds is 6. The summed E-state index contributed by atoms with van der Waals surface area (Å²) in [5.41, 5.74) is 7.17. The third kappa shape index (κ3) is 4.72. The molecule has 8 nitrogen and oxygen atoms in total. The highest BCUT2D eigenvalue weighted by Crippen LogP contribution is 2.46. The first-order valence-electron chi connectivity index (χ1n) is 12.7. The largest absolute Gasteiger partial charge is 0.435 e. The average molecular weight is 525 g/mol. The number of nitrogens with one attached hydrogen (secondary N) is 1. The number of aryl methyl sites for hydroxylation is 1. The van der Waals surface area contributed by atoms with E-state index in [0.717, 1.165) is 52.6 Å². The van der Waals surface area contributed by atoms with Gasteiger partial charge < -0.3 is 16.0 Å². The van der Waals surface area contributed by atoms with Crippen molar-refractivity contribution < 1.29 is 22.8 Å². The quantitative estimate of drug-likeness (QED) is 0.512. The number of aromatic nitrogens is 3. The second-order valence-corrected chi connectivity index (χ2v) is 10.4. The Hall–Kier alpha value is -3.89. The number of fused-ring (bicyclic) bond motifs is 2. The summed E-state index contributed by atoms with van der Waals surface area (Å²) >= 11 is 0. The number of nitrogens with zero attached hydrogens (tertiary/aromatic N) is 4. The van der Waals surface area contributed by atoms with Crippen molar-refractivity contribution >= 4 is 17.6 Å². The molecule has 0 bridgehead atoms. The number of nitrogen functional groups attached to an aromatic ring is 1. The number of likely N-dealkylation sites (tertiary alicyclic amines) is 1. The van der Waals surface area contributed by atoms with E-state index in [9.17, 15) is 22.8 Å². The van der Waals surface area contributed by atoms with Crippen LogP contribution in [0.2, 0.25) is 0 Å². The number of carbonyl (C=O) groups is 2. The van der Waals surface area contributed by atoms with Crippen molar-refractivity contribution in [3.63, 3.8) is 0 Å². The molecule has 0 radical (unpaired) electrons. The summed E-state index contributed by atoms with van der Waals surface area (Å²) in [6.45, 7) is 1.36. The maximum Gasteiger partial charge on any atom is 0.435 e. The number of hydrogen-bond donors (Lipinski definition) is 2. The van der Waals surface area contributed by atoms with E-state index in [1.54, 1.807) is 12.1 Å². The number of hydrogen-bond acceptors (Lipinski definition) is 5. The van der Waals surface area contributed by atoms with E-state index < -0.39 is 29.4 Å². The van der Waals surface area contributed by atoms with Gasteiger partial charge in [-0.05, 0) is 54.4 Å². The first-order chi connectivity index (χ1) is 18.2. The Morgan fingerprint density at radius 3 is 2.55 bits per heavy atom. The second-order valence-electron chi connectivity index (χ2n) is 10.4. The van der Waals surface area contributed by atoms with Gasteiger partial charge in [-0.2, -0.15) is 18.3 Å². The van der Waals surface area contributed by atoms with Crippen LogP contribution in [-0.2, 0) is 30.5 Å². The van der Waals surface area contributed by atoms with Gasteiger partial charge in [0.25, 0.3) is 5.91 Å². The minimum absolute atomic E-state index is 0.0680. The lowest BCUT2D eigenvalue weighted by Gasteiger charge is -2.26. The molecule has 1 aromatic carbocycles. The normalized spacial score (nSPS) is 22.2. The zero-order valence-electron chi connectivity index (χ0n) is 20.5. The molecule has 6 rings (SSSR count). The summed E-state index contributed by atoms with van der Waals surface area (Å²) in [6.07, 6.45) is -0.486. The van der Waals surface area contributed by atoms with E-state index in [2.05, 4.69) is 15.4 Å². The smallest absolute Gasteiger partial charge is 0.384 e. The number of nitrogens with two attached hydrogens (primary N) is 1. The third-order valence-corrected chi connectivity index (χ3v) is 7.72. The molecule has 3 N–H and O–H groups in total. The van der Waals surface area contributed by atoms with E-state index in [1.165, 1.54) is 0 Å². The number of alkyl halides is 3. The molecule has 1 aliphatic heterocycles. The number of carbonyl (C=O) groups excluding carboxylic acids is 2. The van der Waals surface area contributed by atoms with Gasteiger partial charge >= 0.3 is 6.18 Å². The van der Waals surface area contributed by atoms with Crippen molar-refractivity contribution in [2.75, 3.05) is 12.3 Å². The van der Waals surface area contributed by atoms with E-state index >= 15 is 0 Å². The number of amides is 2. The van der Waals surface area contributed by atoms with Gasteiger partial charge in [0.2, 0.25) is 5.91 Å².